The summed E-state index contributed by atoms with van der Waals surface area (Å²) >= 11 is 6.16. The fourth-order valence-corrected chi connectivity index (χ4v) is 2.94. The second-order valence-electron chi connectivity index (χ2n) is 6.25. The molecule has 0 bridgehead atoms. The molecule has 30 heavy (non-hydrogen) atoms. The van der Waals surface area contributed by atoms with Crippen LogP contribution in [0.1, 0.15) is 5.56 Å². The second-order valence-corrected chi connectivity index (χ2v) is 6.65. The molecule has 0 atom stereocenters. The molecule has 0 saturated carbocycles. The minimum Gasteiger partial charge on any atom is -0.385 e. The molecule has 0 unspecified atom stereocenters. The van der Waals surface area contributed by atoms with Crippen LogP contribution in [0.5, 0.6) is 0 Å². The first-order chi connectivity index (χ1) is 14.3. The Morgan fingerprint density at radius 1 is 1.13 bits per heavy atom. The number of nitrogens with two attached hydrogens (primary N) is 1. The van der Waals surface area contributed by atoms with Gasteiger partial charge in [0.05, 0.1) is 21.9 Å². The van der Waals surface area contributed by atoms with Crippen LogP contribution >= 0.6 is 11.6 Å². The molecule has 156 valence electrons. The number of para-hydroxylation sites is 1. The number of halogens is 4. The first-order valence-electron chi connectivity index (χ1n) is 8.87. The van der Waals surface area contributed by atoms with Crippen LogP contribution in [-0.2, 0) is 6.18 Å². The van der Waals surface area contributed by atoms with E-state index in [2.05, 4.69) is 20.6 Å². The summed E-state index contributed by atoms with van der Waals surface area (Å²) in [4.78, 5) is 8.82. The fraction of sp³-hybridized carbons (Fsp3) is 0.150. The summed E-state index contributed by atoms with van der Waals surface area (Å²) in [5.41, 5.74) is 5.49. The number of nitrogens with zero attached hydrogens (tertiary/aromatic N) is 2. The van der Waals surface area contributed by atoms with E-state index in [1.165, 1.54) is 12.1 Å². The molecule has 0 radical (unpaired) electrons. The second kappa shape index (κ2) is 9.00. The van der Waals surface area contributed by atoms with Crippen molar-refractivity contribution in [3.63, 3.8) is 0 Å². The normalized spacial score (nSPS) is 12.1. The van der Waals surface area contributed by atoms with Gasteiger partial charge in [0.15, 0.2) is 5.82 Å². The highest BCUT2D eigenvalue weighted by molar-refractivity contribution is 6.33. The predicted molar refractivity (Wildman–Crippen MR) is 113 cm³/mol. The van der Waals surface area contributed by atoms with Crippen LogP contribution in [0.3, 0.4) is 0 Å². The van der Waals surface area contributed by atoms with Crippen molar-refractivity contribution in [1.29, 1.82) is 5.41 Å². The van der Waals surface area contributed by atoms with E-state index >= 15 is 0 Å². The molecule has 6 nitrogen and oxygen atoms in total. The maximum absolute atomic E-state index is 13.1. The number of anilines is 1. The Morgan fingerprint density at radius 3 is 2.63 bits per heavy atom. The number of hydrogen-bond donors (Lipinski definition) is 4. The Kier molecular flexibility index (Phi) is 6.41. The van der Waals surface area contributed by atoms with Crippen molar-refractivity contribution in [2.45, 2.75) is 6.18 Å². The molecule has 1 aromatic heterocycles. The molecule has 0 fully saturated rings. The quantitative estimate of drug-likeness (QED) is 0.326. The lowest BCUT2D eigenvalue weighted by Crippen LogP contribution is -2.26. The molecule has 3 aromatic rings. The first kappa shape index (κ1) is 21.4. The Hall–Kier alpha value is -3.33. The van der Waals surface area contributed by atoms with Crippen molar-refractivity contribution >= 4 is 34.5 Å². The van der Waals surface area contributed by atoms with Gasteiger partial charge in [-0.15, -0.1) is 0 Å². The van der Waals surface area contributed by atoms with Crippen LogP contribution in [-0.4, -0.2) is 29.3 Å². The molecule has 0 aliphatic rings. The van der Waals surface area contributed by atoms with Crippen molar-refractivity contribution < 1.29 is 13.2 Å². The minimum atomic E-state index is -4.51. The first-order valence-corrected chi connectivity index (χ1v) is 9.25. The molecule has 0 aliphatic heterocycles. The third-order valence-electron chi connectivity index (χ3n) is 4.15. The molecule has 0 aliphatic carbocycles. The number of rotatable bonds is 7. The van der Waals surface area contributed by atoms with Crippen LogP contribution in [0.15, 0.2) is 54.4 Å². The monoisotopic (exact) mass is 434 g/mol. The highest BCUT2D eigenvalue weighted by Crippen LogP contribution is 2.36. The van der Waals surface area contributed by atoms with E-state index in [1.54, 1.807) is 12.1 Å². The number of allylic oxidation sites excluding steroid dienone is 1. The van der Waals surface area contributed by atoms with E-state index in [4.69, 9.17) is 22.7 Å². The van der Waals surface area contributed by atoms with Gasteiger partial charge in [0.25, 0.3) is 0 Å². The lowest BCUT2D eigenvalue weighted by molar-refractivity contribution is -0.137. The molecule has 2 aromatic carbocycles. The zero-order valence-electron chi connectivity index (χ0n) is 15.6. The number of benzene rings is 2. The molecular formula is C20H18ClF3N6. The highest BCUT2D eigenvalue weighted by atomic mass is 35.5. The largest absolute Gasteiger partial charge is 0.416 e. The summed E-state index contributed by atoms with van der Waals surface area (Å²) in [7, 11) is 0. The summed E-state index contributed by atoms with van der Waals surface area (Å²) in [6.07, 6.45) is -2.03. The third kappa shape index (κ3) is 4.98. The number of nitrogens with one attached hydrogen (secondary N) is 3. The van der Waals surface area contributed by atoms with Crippen LogP contribution in [0.4, 0.5) is 19.0 Å². The molecule has 5 N–H and O–H groups in total. The lowest BCUT2D eigenvalue weighted by atomic mass is 10.1. The maximum Gasteiger partial charge on any atom is 0.416 e. The van der Waals surface area contributed by atoms with Crippen LogP contribution in [0.2, 0.25) is 5.02 Å². The van der Waals surface area contributed by atoms with Crippen molar-refractivity contribution in [2.75, 3.05) is 18.4 Å². The Morgan fingerprint density at radius 2 is 1.90 bits per heavy atom. The van der Waals surface area contributed by atoms with E-state index in [0.717, 1.165) is 18.3 Å². The van der Waals surface area contributed by atoms with Gasteiger partial charge in [0, 0.05) is 30.3 Å². The van der Waals surface area contributed by atoms with Crippen LogP contribution in [0, 0.1) is 5.41 Å². The van der Waals surface area contributed by atoms with Crippen molar-refractivity contribution in [3.05, 3.63) is 64.9 Å². The van der Waals surface area contributed by atoms with E-state index in [-0.39, 0.29) is 16.4 Å². The lowest BCUT2D eigenvalue weighted by Gasteiger charge is -2.14. The van der Waals surface area contributed by atoms with Crippen molar-refractivity contribution in [2.24, 2.45) is 5.73 Å². The van der Waals surface area contributed by atoms with Gasteiger partial charge in [-0.05, 0) is 36.4 Å². The topological polar surface area (TPSA) is 99.7 Å². The van der Waals surface area contributed by atoms with E-state index in [0.29, 0.717) is 35.6 Å². The van der Waals surface area contributed by atoms with Gasteiger partial charge >= 0.3 is 6.18 Å². The van der Waals surface area contributed by atoms with Crippen molar-refractivity contribution in [1.82, 2.24) is 15.3 Å². The molecule has 3 rings (SSSR count). The van der Waals surface area contributed by atoms with E-state index < -0.39 is 11.7 Å². The van der Waals surface area contributed by atoms with Gasteiger partial charge in [-0.1, -0.05) is 23.7 Å². The Balaban J connectivity index is 1.96. The van der Waals surface area contributed by atoms with Crippen LogP contribution < -0.4 is 16.4 Å². The predicted octanol–water partition coefficient (Wildman–Crippen LogP) is 4.42. The number of alkyl halides is 3. The SMILES string of the molecule is N=C/C=C(\N)NCCNc1nc(-c2cc(C(F)(F)F)ccc2Cl)nc2ccccc12. The smallest absolute Gasteiger partial charge is 0.385 e. The number of hydrogen-bond acceptors (Lipinski definition) is 6. The van der Waals surface area contributed by atoms with Gasteiger partial charge in [0.1, 0.15) is 5.82 Å². The van der Waals surface area contributed by atoms with Crippen molar-refractivity contribution in [3.8, 4) is 11.4 Å². The third-order valence-corrected chi connectivity index (χ3v) is 4.48. The maximum atomic E-state index is 13.1. The van der Waals surface area contributed by atoms with Gasteiger partial charge < -0.3 is 21.8 Å². The molecular weight excluding hydrogens is 417 g/mol. The average Bonchev–Trinajstić information content (AvgIpc) is 2.70. The summed E-state index contributed by atoms with van der Waals surface area (Å²) in [5.74, 6) is 0.889. The number of aromatic nitrogens is 2. The fourth-order valence-electron chi connectivity index (χ4n) is 2.74. The van der Waals surface area contributed by atoms with Gasteiger partial charge in [-0.3, -0.25) is 0 Å². The Labute approximate surface area is 175 Å². The van der Waals surface area contributed by atoms with Crippen LogP contribution in [0.25, 0.3) is 22.3 Å². The molecule has 0 amide bonds. The molecule has 0 spiro atoms. The molecule has 0 saturated heterocycles. The summed E-state index contributed by atoms with van der Waals surface area (Å²) < 4.78 is 39.4. The average molecular weight is 435 g/mol. The highest BCUT2D eigenvalue weighted by Gasteiger charge is 2.31. The summed E-state index contributed by atoms with van der Waals surface area (Å²) in [5, 5.41) is 13.9. The Bertz CT molecular complexity index is 1100. The minimum absolute atomic E-state index is 0.0866. The summed E-state index contributed by atoms with van der Waals surface area (Å²) in [6, 6.07) is 10.2. The van der Waals surface area contributed by atoms with Gasteiger partial charge in [-0.25, -0.2) is 9.97 Å². The standard InChI is InChI=1S/C20H18ClF3N6/c21-15-6-5-12(20(22,23)24)11-14(15)19-29-16-4-2-1-3-13(16)18(30-19)28-10-9-27-17(26)7-8-25/h1-8,11,25,27H,9-10,26H2,(H,28,29,30)/b17-7+,25-8?. The van der Waals surface area contributed by atoms with Gasteiger partial charge in [-0.2, -0.15) is 13.2 Å². The summed E-state index contributed by atoms with van der Waals surface area (Å²) in [6.45, 7) is 0.859. The zero-order valence-corrected chi connectivity index (χ0v) is 16.3. The molecule has 1 heterocycles. The molecule has 10 heteroatoms. The number of fused-ring (bicyclic) bond motifs is 1. The van der Waals surface area contributed by atoms with Gasteiger partial charge in [0.2, 0.25) is 0 Å². The zero-order chi connectivity index (χ0) is 21.7. The van der Waals surface area contributed by atoms with E-state index in [1.807, 2.05) is 12.1 Å². The van der Waals surface area contributed by atoms with E-state index in [9.17, 15) is 13.2 Å².